The van der Waals surface area contributed by atoms with Gasteiger partial charge in [-0.2, -0.15) is 0 Å². The van der Waals surface area contributed by atoms with Crippen LogP contribution in [-0.2, 0) is 4.79 Å². The molecule has 0 radical (unpaired) electrons. The van der Waals surface area contributed by atoms with Gasteiger partial charge in [0.15, 0.2) is 5.78 Å². The molecule has 74 valence electrons. The number of Topliss-reactive ketones (excluding diaryl/α,β-unsaturated/α-hetero) is 1. The summed E-state index contributed by atoms with van der Waals surface area (Å²) in [7, 11) is 0. The standard InChI is InChI=1S/C11H10BrClO/c1-7(8(2)14)5-9-3-4-10(13)6-11(9)12/h3-6H,1-2H3/b7-5+. The molecule has 0 aliphatic rings. The third-order valence-electron chi connectivity index (χ3n) is 1.89. The maximum atomic E-state index is 11.0. The van der Waals surface area contributed by atoms with Crippen LogP contribution in [0, 0.1) is 0 Å². The lowest BCUT2D eigenvalue weighted by Gasteiger charge is -2.00. The van der Waals surface area contributed by atoms with E-state index in [0.717, 1.165) is 15.6 Å². The van der Waals surface area contributed by atoms with Crippen LogP contribution in [-0.4, -0.2) is 5.78 Å². The molecule has 0 saturated heterocycles. The van der Waals surface area contributed by atoms with E-state index in [1.807, 2.05) is 12.1 Å². The zero-order valence-electron chi connectivity index (χ0n) is 7.97. The van der Waals surface area contributed by atoms with Gasteiger partial charge in [-0.3, -0.25) is 4.79 Å². The Balaban J connectivity index is 3.09. The Labute approximate surface area is 96.9 Å². The van der Waals surface area contributed by atoms with Crippen molar-refractivity contribution in [3.8, 4) is 0 Å². The summed E-state index contributed by atoms with van der Waals surface area (Å²) in [6, 6.07) is 5.48. The van der Waals surface area contributed by atoms with Gasteiger partial charge in [0.1, 0.15) is 0 Å². The molecule has 0 aliphatic heterocycles. The summed E-state index contributed by atoms with van der Waals surface area (Å²) < 4.78 is 0.894. The Morgan fingerprint density at radius 3 is 2.57 bits per heavy atom. The highest BCUT2D eigenvalue weighted by molar-refractivity contribution is 9.10. The predicted octanol–water partition coefficient (Wildman–Crippen LogP) is 4.09. The van der Waals surface area contributed by atoms with E-state index in [0.29, 0.717) is 5.02 Å². The summed E-state index contributed by atoms with van der Waals surface area (Å²) in [6.07, 6.45) is 1.84. The molecule has 0 heterocycles. The van der Waals surface area contributed by atoms with E-state index in [2.05, 4.69) is 15.9 Å². The van der Waals surface area contributed by atoms with Crippen molar-refractivity contribution in [1.82, 2.24) is 0 Å². The topological polar surface area (TPSA) is 17.1 Å². The molecule has 0 N–H and O–H groups in total. The predicted molar refractivity (Wildman–Crippen MR) is 63.5 cm³/mol. The Hall–Kier alpha value is -0.600. The number of ketones is 1. The number of allylic oxidation sites excluding steroid dienone is 1. The number of hydrogen-bond acceptors (Lipinski definition) is 1. The summed E-state index contributed by atoms with van der Waals surface area (Å²) in [6.45, 7) is 3.35. The van der Waals surface area contributed by atoms with Gasteiger partial charge in [-0.05, 0) is 43.2 Å². The summed E-state index contributed by atoms with van der Waals surface area (Å²) in [4.78, 5) is 11.0. The fourth-order valence-corrected chi connectivity index (χ4v) is 1.75. The Bertz CT molecular complexity index is 396. The van der Waals surface area contributed by atoms with Gasteiger partial charge in [0.25, 0.3) is 0 Å². The van der Waals surface area contributed by atoms with Crippen molar-refractivity contribution in [3.05, 3.63) is 38.8 Å². The Morgan fingerprint density at radius 2 is 2.07 bits per heavy atom. The summed E-state index contributed by atoms with van der Waals surface area (Å²) in [5.41, 5.74) is 1.69. The first kappa shape index (κ1) is 11.5. The molecule has 14 heavy (non-hydrogen) atoms. The van der Waals surface area contributed by atoms with Crippen molar-refractivity contribution in [2.45, 2.75) is 13.8 Å². The van der Waals surface area contributed by atoms with Crippen molar-refractivity contribution >= 4 is 39.4 Å². The lowest BCUT2D eigenvalue weighted by molar-refractivity contribution is -0.113. The monoisotopic (exact) mass is 272 g/mol. The first-order valence-electron chi connectivity index (χ1n) is 4.15. The van der Waals surface area contributed by atoms with E-state index in [4.69, 9.17) is 11.6 Å². The average Bonchev–Trinajstić information content (AvgIpc) is 2.09. The van der Waals surface area contributed by atoms with Crippen LogP contribution in [0.2, 0.25) is 5.02 Å². The van der Waals surface area contributed by atoms with Crippen molar-refractivity contribution in [1.29, 1.82) is 0 Å². The van der Waals surface area contributed by atoms with E-state index in [-0.39, 0.29) is 5.78 Å². The van der Waals surface area contributed by atoms with Crippen LogP contribution in [0.5, 0.6) is 0 Å². The zero-order valence-corrected chi connectivity index (χ0v) is 10.3. The molecule has 0 amide bonds. The van der Waals surface area contributed by atoms with Crippen LogP contribution in [0.4, 0.5) is 0 Å². The molecular formula is C11H10BrClO. The average molecular weight is 274 g/mol. The second-order valence-corrected chi connectivity index (χ2v) is 4.34. The minimum Gasteiger partial charge on any atom is -0.295 e. The van der Waals surface area contributed by atoms with Gasteiger partial charge in [-0.15, -0.1) is 0 Å². The van der Waals surface area contributed by atoms with Gasteiger partial charge in [0.2, 0.25) is 0 Å². The Kier molecular flexibility index (Phi) is 3.90. The maximum Gasteiger partial charge on any atom is 0.155 e. The fourth-order valence-electron chi connectivity index (χ4n) is 0.953. The van der Waals surface area contributed by atoms with Gasteiger partial charge in [-0.1, -0.05) is 33.6 Å². The zero-order chi connectivity index (χ0) is 10.7. The fraction of sp³-hybridized carbons (Fsp3) is 0.182. The Morgan fingerprint density at radius 1 is 1.43 bits per heavy atom. The molecule has 0 atom stereocenters. The van der Waals surface area contributed by atoms with Crippen molar-refractivity contribution < 1.29 is 4.79 Å². The molecule has 1 rings (SSSR count). The third-order valence-corrected chi connectivity index (χ3v) is 2.81. The van der Waals surface area contributed by atoms with Crippen molar-refractivity contribution in [2.24, 2.45) is 0 Å². The number of halogens is 2. The number of hydrogen-bond donors (Lipinski definition) is 0. The number of carbonyl (C=O) groups is 1. The third kappa shape index (κ3) is 2.96. The van der Waals surface area contributed by atoms with Gasteiger partial charge in [0.05, 0.1) is 0 Å². The van der Waals surface area contributed by atoms with Crippen LogP contribution in [0.3, 0.4) is 0 Å². The lowest BCUT2D eigenvalue weighted by Crippen LogP contribution is -1.90. The maximum absolute atomic E-state index is 11.0. The molecule has 1 aromatic carbocycles. The van der Waals surface area contributed by atoms with E-state index in [1.165, 1.54) is 0 Å². The van der Waals surface area contributed by atoms with Gasteiger partial charge < -0.3 is 0 Å². The van der Waals surface area contributed by atoms with Crippen LogP contribution >= 0.6 is 27.5 Å². The van der Waals surface area contributed by atoms with Gasteiger partial charge in [0, 0.05) is 9.50 Å². The summed E-state index contributed by atoms with van der Waals surface area (Å²) >= 11 is 9.18. The van der Waals surface area contributed by atoms with Gasteiger partial charge >= 0.3 is 0 Å². The first-order chi connectivity index (χ1) is 6.50. The molecule has 0 aliphatic carbocycles. The highest BCUT2D eigenvalue weighted by atomic mass is 79.9. The molecule has 0 bridgehead atoms. The van der Waals surface area contributed by atoms with Crippen LogP contribution < -0.4 is 0 Å². The van der Waals surface area contributed by atoms with E-state index in [9.17, 15) is 4.79 Å². The first-order valence-corrected chi connectivity index (χ1v) is 5.32. The smallest absolute Gasteiger partial charge is 0.155 e. The minimum absolute atomic E-state index is 0.0758. The highest BCUT2D eigenvalue weighted by Crippen LogP contribution is 2.23. The largest absolute Gasteiger partial charge is 0.295 e. The number of carbonyl (C=O) groups excluding carboxylic acids is 1. The molecule has 0 aromatic heterocycles. The highest BCUT2D eigenvalue weighted by Gasteiger charge is 2.00. The van der Waals surface area contributed by atoms with Gasteiger partial charge in [-0.25, -0.2) is 0 Å². The quantitative estimate of drug-likeness (QED) is 0.742. The molecule has 0 unspecified atom stereocenters. The number of benzene rings is 1. The lowest BCUT2D eigenvalue weighted by atomic mass is 10.1. The SMILES string of the molecule is CC(=O)/C(C)=C/c1ccc(Cl)cc1Br. The summed E-state index contributed by atoms with van der Waals surface area (Å²) in [5, 5.41) is 0.675. The summed E-state index contributed by atoms with van der Waals surface area (Å²) in [5.74, 6) is 0.0758. The van der Waals surface area contributed by atoms with Crippen molar-refractivity contribution in [3.63, 3.8) is 0 Å². The molecule has 0 saturated carbocycles. The molecule has 1 nitrogen and oxygen atoms in total. The van der Waals surface area contributed by atoms with E-state index < -0.39 is 0 Å². The number of rotatable bonds is 2. The van der Waals surface area contributed by atoms with E-state index in [1.54, 1.807) is 26.0 Å². The molecule has 3 heteroatoms. The molecule has 1 aromatic rings. The normalized spacial score (nSPS) is 11.6. The van der Waals surface area contributed by atoms with Crippen LogP contribution in [0.15, 0.2) is 28.2 Å². The molecular weight excluding hydrogens is 263 g/mol. The van der Waals surface area contributed by atoms with Crippen molar-refractivity contribution in [2.75, 3.05) is 0 Å². The second-order valence-electron chi connectivity index (χ2n) is 3.05. The minimum atomic E-state index is 0.0758. The molecule has 0 fully saturated rings. The van der Waals surface area contributed by atoms with Crippen LogP contribution in [0.1, 0.15) is 19.4 Å². The second kappa shape index (κ2) is 4.76. The van der Waals surface area contributed by atoms with E-state index >= 15 is 0 Å². The van der Waals surface area contributed by atoms with Crippen LogP contribution in [0.25, 0.3) is 6.08 Å². The molecule has 0 spiro atoms.